The first kappa shape index (κ1) is 21.7. The molecule has 0 radical (unpaired) electrons. The van der Waals surface area contributed by atoms with E-state index in [9.17, 15) is 0 Å². The predicted molar refractivity (Wildman–Crippen MR) is 120 cm³/mol. The van der Waals surface area contributed by atoms with Crippen LogP contribution in [0, 0.1) is 64.6 Å². The molecule has 8 saturated carbocycles. The van der Waals surface area contributed by atoms with Crippen LogP contribution in [0.3, 0.4) is 0 Å². The van der Waals surface area contributed by atoms with Crippen molar-refractivity contribution in [2.75, 3.05) is 0 Å². The summed E-state index contributed by atoms with van der Waals surface area (Å²) < 4.78 is 0. The van der Waals surface area contributed by atoms with Gasteiger partial charge in [0.1, 0.15) is 0 Å². The summed E-state index contributed by atoms with van der Waals surface area (Å²) in [5.74, 6) is 11.2. The molecular weight excluding hydrogens is 324 g/mol. The smallest absolute Gasteiger partial charge is 0.0271 e. The Kier molecular flexibility index (Phi) is 6.17. The van der Waals surface area contributed by atoms with Gasteiger partial charge in [-0.2, -0.15) is 0 Å². The Hall–Kier alpha value is 0. The van der Waals surface area contributed by atoms with Crippen LogP contribution in [0.15, 0.2) is 0 Å². The minimum atomic E-state index is 0. The molecule has 8 rings (SSSR count). The lowest BCUT2D eigenvalue weighted by molar-refractivity contribution is -0.1000. The zero-order valence-corrected chi connectivity index (χ0v) is 17.3. The highest BCUT2D eigenvalue weighted by atomic mass is 14.6. The van der Waals surface area contributed by atoms with Gasteiger partial charge in [0.25, 0.3) is 0 Å². The van der Waals surface area contributed by atoms with Gasteiger partial charge in [-0.25, -0.2) is 0 Å². The van der Waals surface area contributed by atoms with Crippen LogP contribution >= 0.6 is 0 Å². The topological polar surface area (TPSA) is 0 Å². The van der Waals surface area contributed by atoms with Gasteiger partial charge in [0.15, 0.2) is 0 Å². The summed E-state index contributed by atoms with van der Waals surface area (Å²) in [4.78, 5) is 0. The van der Waals surface area contributed by atoms with E-state index in [0.29, 0.717) is 0 Å². The molecule has 0 amide bonds. The second kappa shape index (κ2) is 7.68. The fourth-order valence-corrected chi connectivity index (χ4v) is 9.27. The van der Waals surface area contributed by atoms with Gasteiger partial charge in [-0.3, -0.25) is 0 Å². The van der Waals surface area contributed by atoms with E-state index in [-0.39, 0.29) is 14.9 Å². The molecule has 27 heavy (non-hydrogen) atoms. The molecule has 0 heteroatoms. The van der Waals surface area contributed by atoms with Gasteiger partial charge < -0.3 is 0 Å². The van der Waals surface area contributed by atoms with Crippen molar-refractivity contribution in [2.45, 2.75) is 107 Å². The first-order valence-electron chi connectivity index (χ1n) is 12.0. The fourth-order valence-electron chi connectivity index (χ4n) is 9.27. The highest BCUT2D eigenvalue weighted by molar-refractivity contribution is 5.03. The maximum atomic E-state index is 2.58. The van der Waals surface area contributed by atoms with Crippen LogP contribution in [-0.2, 0) is 0 Å². The van der Waals surface area contributed by atoms with Gasteiger partial charge in [-0.1, -0.05) is 49.0 Å². The Morgan fingerprint density at radius 1 is 0.593 bits per heavy atom. The predicted octanol–water partition coefficient (Wildman–Crippen LogP) is 8.46. The molecule has 0 saturated heterocycles. The van der Waals surface area contributed by atoms with Crippen molar-refractivity contribution in [3.05, 3.63) is 0 Å². The molecule has 158 valence electrons. The molecule has 8 aliphatic rings. The monoisotopic (exact) mass is 374 g/mol. The normalized spacial score (nSPS) is 56.0. The average Bonchev–Trinajstić information content (AvgIpc) is 2.58. The summed E-state index contributed by atoms with van der Waals surface area (Å²) in [5.41, 5.74) is 0.743. The standard InChI is InChI=1S/C13H22.C12H20.2CH4/c1-3-13(2)11-5-9-4-10(7-11)8-12(13)6-9;1-7-9-3-11-5-10(7)6-12(4-9)8(11)2;;/h9-12H,3-8H2,1-2H3;7-12H,3-6H2,1-2H3;2*1H4. The van der Waals surface area contributed by atoms with Gasteiger partial charge in [0.05, 0.1) is 0 Å². The second-order valence-electron chi connectivity index (χ2n) is 11.9. The van der Waals surface area contributed by atoms with Crippen molar-refractivity contribution in [3.63, 3.8) is 0 Å². The molecule has 0 atom stereocenters. The summed E-state index contributed by atoms with van der Waals surface area (Å²) in [5, 5.41) is 0. The van der Waals surface area contributed by atoms with Crippen molar-refractivity contribution in [2.24, 2.45) is 64.6 Å². The van der Waals surface area contributed by atoms with Crippen LogP contribution in [-0.4, -0.2) is 0 Å². The molecule has 0 unspecified atom stereocenters. The van der Waals surface area contributed by atoms with Crippen molar-refractivity contribution < 1.29 is 0 Å². The van der Waals surface area contributed by atoms with Gasteiger partial charge in [-0.15, -0.1) is 0 Å². The molecular formula is C27H50. The van der Waals surface area contributed by atoms with Crippen LogP contribution in [0.1, 0.15) is 107 Å². The molecule has 0 nitrogen and oxygen atoms in total. The summed E-state index contributed by atoms with van der Waals surface area (Å²) in [7, 11) is 0. The quantitative estimate of drug-likeness (QED) is 0.432. The zero-order chi connectivity index (χ0) is 17.3. The van der Waals surface area contributed by atoms with Crippen LogP contribution < -0.4 is 0 Å². The van der Waals surface area contributed by atoms with E-state index in [4.69, 9.17) is 0 Å². The Balaban J connectivity index is 0.000000145. The molecule has 0 aliphatic heterocycles. The molecule has 8 aliphatic carbocycles. The lowest BCUT2D eigenvalue weighted by atomic mass is 9.45. The van der Waals surface area contributed by atoms with Crippen LogP contribution in [0.5, 0.6) is 0 Å². The second-order valence-corrected chi connectivity index (χ2v) is 11.9. The fraction of sp³-hybridized carbons (Fsp3) is 1.00. The average molecular weight is 375 g/mol. The first-order chi connectivity index (χ1) is 12.0. The summed E-state index contributed by atoms with van der Waals surface area (Å²) in [6.07, 6.45) is 15.7. The summed E-state index contributed by atoms with van der Waals surface area (Å²) >= 11 is 0. The summed E-state index contributed by atoms with van der Waals surface area (Å²) in [6, 6.07) is 0. The van der Waals surface area contributed by atoms with Crippen LogP contribution in [0.2, 0.25) is 0 Å². The highest BCUT2D eigenvalue weighted by Crippen LogP contribution is 2.63. The lowest BCUT2D eigenvalue weighted by Crippen LogP contribution is -2.51. The Morgan fingerprint density at radius 3 is 1.22 bits per heavy atom. The van der Waals surface area contributed by atoms with E-state index in [1.807, 2.05) is 0 Å². The molecule has 8 fully saturated rings. The molecule has 0 N–H and O–H groups in total. The lowest BCUT2D eigenvalue weighted by Gasteiger charge is -2.60. The van der Waals surface area contributed by atoms with Gasteiger partial charge in [-0.05, 0) is 122 Å². The highest BCUT2D eigenvalue weighted by Gasteiger charge is 2.53. The molecule has 0 aromatic carbocycles. The van der Waals surface area contributed by atoms with Gasteiger partial charge >= 0.3 is 0 Å². The van der Waals surface area contributed by atoms with Crippen molar-refractivity contribution >= 4 is 0 Å². The molecule has 0 aromatic rings. The van der Waals surface area contributed by atoms with E-state index < -0.39 is 0 Å². The van der Waals surface area contributed by atoms with Crippen molar-refractivity contribution in [1.29, 1.82) is 0 Å². The largest absolute Gasteiger partial charge is 0.0776 e. The molecule has 0 spiro atoms. The van der Waals surface area contributed by atoms with Crippen molar-refractivity contribution in [3.8, 4) is 0 Å². The third-order valence-corrected chi connectivity index (χ3v) is 11.2. The minimum absolute atomic E-state index is 0. The van der Waals surface area contributed by atoms with Gasteiger partial charge in [0, 0.05) is 0 Å². The maximum Gasteiger partial charge on any atom is -0.0271 e. The van der Waals surface area contributed by atoms with E-state index in [2.05, 4.69) is 27.7 Å². The molecule has 8 bridgehead atoms. The number of rotatable bonds is 1. The van der Waals surface area contributed by atoms with E-state index in [0.717, 1.165) is 64.6 Å². The SMILES string of the molecule is C.C.CC1C2CC3CC1CC(C2)C3C.CCC1(C)C2CC3CC(C2)CC1C3. The Morgan fingerprint density at radius 2 is 0.926 bits per heavy atom. The van der Waals surface area contributed by atoms with Crippen LogP contribution in [0.25, 0.3) is 0 Å². The van der Waals surface area contributed by atoms with E-state index in [1.165, 1.54) is 6.42 Å². The maximum absolute atomic E-state index is 2.58. The Bertz CT molecular complexity index is 426. The number of hydrogen-bond acceptors (Lipinski definition) is 0. The first-order valence-corrected chi connectivity index (χ1v) is 12.0. The zero-order valence-electron chi connectivity index (χ0n) is 17.3. The molecule has 0 heterocycles. The van der Waals surface area contributed by atoms with Crippen LogP contribution in [0.4, 0.5) is 0 Å². The molecule has 0 aromatic heterocycles. The van der Waals surface area contributed by atoms with E-state index in [1.54, 1.807) is 57.8 Å². The Labute approximate surface area is 171 Å². The van der Waals surface area contributed by atoms with Crippen molar-refractivity contribution in [1.82, 2.24) is 0 Å². The third-order valence-electron chi connectivity index (χ3n) is 11.2. The number of hydrogen-bond donors (Lipinski definition) is 0. The van der Waals surface area contributed by atoms with Gasteiger partial charge in [0.2, 0.25) is 0 Å². The third kappa shape index (κ3) is 3.34. The summed E-state index contributed by atoms with van der Waals surface area (Å²) in [6.45, 7) is 10.0. The van der Waals surface area contributed by atoms with E-state index >= 15 is 0 Å². The minimum Gasteiger partial charge on any atom is -0.0776 e.